The zero-order valence-corrected chi connectivity index (χ0v) is 17.0. The molecule has 2 aromatic rings. The first-order valence-electron chi connectivity index (χ1n) is 10.1. The summed E-state index contributed by atoms with van der Waals surface area (Å²) < 4.78 is 12.4. The fraction of sp³-hybridized carbons (Fsp3) is 0.360. The van der Waals surface area contributed by atoms with Crippen LogP contribution in [0.4, 0.5) is 5.69 Å². The zero-order chi connectivity index (χ0) is 19.5. The van der Waals surface area contributed by atoms with E-state index in [0.717, 1.165) is 29.9 Å². The van der Waals surface area contributed by atoms with Crippen molar-refractivity contribution in [1.82, 2.24) is 0 Å². The molecule has 0 fully saturated rings. The minimum Gasteiger partial charge on any atom is -0.496 e. The van der Waals surface area contributed by atoms with Gasteiger partial charge in [-0.2, -0.15) is 0 Å². The van der Waals surface area contributed by atoms with Crippen molar-refractivity contribution < 1.29 is 9.47 Å². The lowest BCUT2D eigenvalue weighted by atomic mass is 9.79. The fourth-order valence-electron chi connectivity index (χ4n) is 5.11. The van der Waals surface area contributed by atoms with Crippen LogP contribution in [0, 0.1) is 5.92 Å². The molecule has 0 bridgehead atoms. The van der Waals surface area contributed by atoms with E-state index >= 15 is 0 Å². The van der Waals surface area contributed by atoms with Crippen molar-refractivity contribution in [1.29, 1.82) is 0 Å². The second kappa shape index (κ2) is 6.16. The van der Waals surface area contributed by atoms with Crippen molar-refractivity contribution in [3.05, 3.63) is 59.7 Å². The SMILES string of the molecule is COc1cccc2c1-c1ccc3c(c1[C@H]([C@H]1C=CCC1)O2)C(C)=CC(C)(C)N3. The molecule has 3 aliphatic rings. The molecule has 0 spiro atoms. The van der Waals surface area contributed by atoms with Gasteiger partial charge in [0.05, 0.1) is 18.2 Å². The molecule has 1 N–H and O–H groups in total. The van der Waals surface area contributed by atoms with Gasteiger partial charge in [0, 0.05) is 22.7 Å². The highest BCUT2D eigenvalue weighted by molar-refractivity contribution is 5.91. The summed E-state index contributed by atoms with van der Waals surface area (Å²) in [7, 11) is 1.73. The number of nitrogens with one attached hydrogen (secondary N) is 1. The van der Waals surface area contributed by atoms with Gasteiger partial charge in [-0.05, 0) is 62.9 Å². The molecule has 0 unspecified atom stereocenters. The van der Waals surface area contributed by atoms with Crippen molar-refractivity contribution in [2.24, 2.45) is 5.92 Å². The molecule has 0 saturated carbocycles. The number of ether oxygens (including phenoxy) is 2. The van der Waals surface area contributed by atoms with E-state index in [2.05, 4.69) is 62.5 Å². The van der Waals surface area contributed by atoms with Crippen LogP contribution in [0.5, 0.6) is 11.5 Å². The third kappa shape index (κ3) is 2.56. The molecule has 2 heterocycles. The Labute approximate surface area is 167 Å². The third-order valence-electron chi connectivity index (χ3n) is 6.13. The lowest BCUT2D eigenvalue weighted by Gasteiger charge is -2.38. The Hall–Kier alpha value is -2.68. The predicted octanol–water partition coefficient (Wildman–Crippen LogP) is 6.37. The molecule has 0 aromatic heterocycles. The molecule has 0 amide bonds. The van der Waals surface area contributed by atoms with Gasteiger partial charge in [0.15, 0.2) is 0 Å². The molecular formula is C25H27NO2. The van der Waals surface area contributed by atoms with Crippen LogP contribution in [-0.2, 0) is 0 Å². The number of benzene rings is 2. The van der Waals surface area contributed by atoms with Crippen molar-refractivity contribution in [3.8, 4) is 22.6 Å². The van der Waals surface area contributed by atoms with Crippen molar-refractivity contribution in [2.45, 2.75) is 45.3 Å². The highest BCUT2D eigenvalue weighted by atomic mass is 16.5. The van der Waals surface area contributed by atoms with E-state index in [1.165, 1.54) is 28.0 Å². The Morgan fingerprint density at radius 1 is 1.14 bits per heavy atom. The van der Waals surface area contributed by atoms with Crippen LogP contribution in [0.15, 0.2) is 48.6 Å². The first-order valence-corrected chi connectivity index (χ1v) is 10.1. The molecule has 1 aliphatic carbocycles. The average Bonchev–Trinajstić information content (AvgIpc) is 3.19. The lowest BCUT2D eigenvalue weighted by Crippen LogP contribution is -2.33. The molecule has 3 heteroatoms. The van der Waals surface area contributed by atoms with Gasteiger partial charge >= 0.3 is 0 Å². The van der Waals surface area contributed by atoms with Crippen LogP contribution < -0.4 is 14.8 Å². The summed E-state index contributed by atoms with van der Waals surface area (Å²) in [6.07, 6.45) is 9.23. The van der Waals surface area contributed by atoms with E-state index in [4.69, 9.17) is 9.47 Å². The molecule has 144 valence electrons. The van der Waals surface area contributed by atoms with E-state index in [0.29, 0.717) is 5.92 Å². The summed E-state index contributed by atoms with van der Waals surface area (Å²) >= 11 is 0. The Balaban J connectivity index is 1.80. The number of methoxy groups -OCH3 is 1. The van der Waals surface area contributed by atoms with Gasteiger partial charge in [0.25, 0.3) is 0 Å². The summed E-state index contributed by atoms with van der Waals surface area (Å²) in [4.78, 5) is 0. The standard InChI is InChI=1S/C25H27NO2/c1-15-14-25(2,3)26-18-13-12-17-22-19(27-4)10-7-11-20(22)28-24(23(17)21(15)18)16-8-5-6-9-16/h5,7-8,10-14,16,24,26H,6,9H2,1-4H3/t16-,24-/m0/s1. The van der Waals surface area contributed by atoms with Crippen LogP contribution in [-0.4, -0.2) is 12.6 Å². The molecular weight excluding hydrogens is 346 g/mol. The monoisotopic (exact) mass is 373 g/mol. The van der Waals surface area contributed by atoms with Crippen LogP contribution in [0.1, 0.15) is 50.8 Å². The highest BCUT2D eigenvalue weighted by Crippen LogP contribution is 2.54. The van der Waals surface area contributed by atoms with E-state index < -0.39 is 0 Å². The molecule has 3 nitrogen and oxygen atoms in total. The molecule has 0 saturated heterocycles. The molecule has 2 aromatic carbocycles. The molecule has 0 radical (unpaired) electrons. The van der Waals surface area contributed by atoms with E-state index in [1.54, 1.807) is 7.11 Å². The molecule has 2 atom stereocenters. The van der Waals surface area contributed by atoms with Gasteiger partial charge in [-0.25, -0.2) is 0 Å². The van der Waals surface area contributed by atoms with Gasteiger partial charge in [0.1, 0.15) is 17.6 Å². The van der Waals surface area contributed by atoms with Gasteiger partial charge in [-0.3, -0.25) is 0 Å². The number of hydrogen-bond donors (Lipinski definition) is 1. The van der Waals surface area contributed by atoms with Crippen LogP contribution >= 0.6 is 0 Å². The maximum Gasteiger partial charge on any atom is 0.131 e. The topological polar surface area (TPSA) is 30.5 Å². The second-order valence-electron chi connectivity index (χ2n) is 8.66. The number of hydrogen-bond acceptors (Lipinski definition) is 3. The number of fused-ring (bicyclic) bond motifs is 5. The number of anilines is 1. The Bertz CT molecular complexity index is 1020. The van der Waals surface area contributed by atoms with E-state index in [9.17, 15) is 0 Å². The fourth-order valence-corrected chi connectivity index (χ4v) is 5.11. The molecule has 2 aliphatic heterocycles. The number of rotatable bonds is 2. The van der Waals surface area contributed by atoms with Crippen molar-refractivity contribution in [3.63, 3.8) is 0 Å². The summed E-state index contributed by atoms with van der Waals surface area (Å²) in [6, 6.07) is 10.6. The smallest absolute Gasteiger partial charge is 0.131 e. The maximum absolute atomic E-state index is 6.66. The first kappa shape index (κ1) is 17.4. The quantitative estimate of drug-likeness (QED) is 0.621. The Morgan fingerprint density at radius 2 is 2.00 bits per heavy atom. The first-order chi connectivity index (χ1) is 13.5. The number of allylic oxidation sites excluding steroid dienone is 2. The predicted molar refractivity (Wildman–Crippen MR) is 115 cm³/mol. The largest absolute Gasteiger partial charge is 0.496 e. The average molecular weight is 373 g/mol. The minimum atomic E-state index is -0.0564. The second-order valence-corrected chi connectivity index (χ2v) is 8.66. The van der Waals surface area contributed by atoms with Crippen molar-refractivity contribution in [2.75, 3.05) is 12.4 Å². The van der Waals surface area contributed by atoms with Crippen LogP contribution in [0.25, 0.3) is 16.7 Å². The third-order valence-corrected chi connectivity index (χ3v) is 6.13. The highest BCUT2D eigenvalue weighted by Gasteiger charge is 2.38. The molecule has 5 rings (SSSR count). The normalized spacial score (nSPS) is 23.6. The lowest BCUT2D eigenvalue weighted by molar-refractivity contribution is 0.154. The minimum absolute atomic E-state index is 0.0228. The summed E-state index contributed by atoms with van der Waals surface area (Å²) in [5, 5.41) is 3.70. The Kier molecular flexibility index (Phi) is 3.84. The van der Waals surface area contributed by atoms with E-state index in [1.807, 2.05) is 12.1 Å². The van der Waals surface area contributed by atoms with Crippen molar-refractivity contribution >= 4 is 11.3 Å². The van der Waals surface area contributed by atoms with Gasteiger partial charge in [-0.15, -0.1) is 0 Å². The van der Waals surface area contributed by atoms with Crippen LogP contribution in [0.2, 0.25) is 0 Å². The van der Waals surface area contributed by atoms with Gasteiger partial charge in [-0.1, -0.05) is 30.4 Å². The summed E-state index contributed by atoms with van der Waals surface area (Å²) in [6.45, 7) is 6.65. The summed E-state index contributed by atoms with van der Waals surface area (Å²) in [5.74, 6) is 2.18. The molecule has 28 heavy (non-hydrogen) atoms. The van der Waals surface area contributed by atoms with Crippen LogP contribution in [0.3, 0.4) is 0 Å². The maximum atomic E-state index is 6.66. The van der Waals surface area contributed by atoms with Gasteiger partial charge in [0.2, 0.25) is 0 Å². The Morgan fingerprint density at radius 3 is 2.75 bits per heavy atom. The van der Waals surface area contributed by atoms with E-state index in [-0.39, 0.29) is 11.6 Å². The zero-order valence-electron chi connectivity index (χ0n) is 17.0. The summed E-state index contributed by atoms with van der Waals surface area (Å²) in [5.41, 5.74) is 7.33. The van der Waals surface area contributed by atoms with Gasteiger partial charge < -0.3 is 14.8 Å².